The van der Waals surface area contributed by atoms with Crippen LogP contribution in [0.3, 0.4) is 0 Å². The molecule has 0 saturated heterocycles. The molecule has 0 atom stereocenters. The third kappa shape index (κ3) is 5.06. The number of nitrogens with zero attached hydrogens (tertiary/aromatic N) is 2. The second-order valence-corrected chi connectivity index (χ2v) is 7.60. The van der Waals surface area contributed by atoms with Crippen LogP contribution in [0.5, 0.6) is 0 Å². The summed E-state index contributed by atoms with van der Waals surface area (Å²) in [6.45, 7) is 4.18. The van der Waals surface area contributed by atoms with E-state index in [2.05, 4.69) is 29.4 Å². The number of carbonyl (C=O) groups is 2. The van der Waals surface area contributed by atoms with Gasteiger partial charge in [0.1, 0.15) is 5.69 Å². The van der Waals surface area contributed by atoms with Crippen LogP contribution in [0.25, 0.3) is 22.0 Å². The van der Waals surface area contributed by atoms with Crippen LogP contribution in [0.15, 0.2) is 73.1 Å². The number of esters is 1. The van der Waals surface area contributed by atoms with E-state index in [4.69, 9.17) is 9.72 Å². The lowest BCUT2D eigenvalue weighted by atomic mass is 10.0. The van der Waals surface area contributed by atoms with Crippen molar-refractivity contribution in [3.05, 3.63) is 89.9 Å². The summed E-state index contributed by atoms with van der Waals surface area (Å²) in [6, 6.07) is 19.0. The van der Waals surface area contributed by atoms with Crippen molar-refractivity contribution in [1.82, 2.24) is 9.97 Å². The summed E-state index contributed by atoms with van der Waals surface area (Å²) >= 11 is 0. The van der Waals surface area contributed by atoms with E-state index >= 15 is 0 Å². The van der Waals surface area contributed by atoms with E-state index in [1.165, 1.54) is 5.56 Å². The molecule has 0 aliphatic heterocycles. The number of pyridine rings is 2. The number of amides is 1. The van der Waals surface area contributed by atoms with Crippen LogP contribution in [0.2, 0.25) is 0 Å². The fraction of sp³-hybridized carbons (Fsp3) is 0.185. The standard InChI is InChI=1S/C27H25N3O3/c1-3-18-8-7-10-21(14-18)26-22-17-28-13-12-19(22)15-24(29-26)27(32)30-23-11-6-5-9-20(23)16-25(31)33-4-2/h5-15,17H,3-4,16H2,1-2H3,(H,30,32). The van der Waals surface area contributed by atoms with Crippen molar-refractivity contribution in [2.45, 2.75) is 26.7 Å². The molecule has 2 aromatic carbocycles. The fourth-order valence-corrected chi connectivity index (χ4v) is 3.71. The van der Waals surface area contributed by atoms with Crippen LogP contribution >= 0.6 is 0 Å². The van der Waals surface area contributed by atoms with Crippen LogP contribution in [0.1, 0.15) is 35.5 Å². The molecule has 2 heterocycles. The number of nitrogens with one attached hydrogen (secondary N) is 1. The number of aromatic nitrogens is 2. The van der Waals surface area contributed by atoms with Crippen LogP contribution in [0, 0.1) is 0 Å². The van der Waals surface area contributed by atoms with E-state index in [-0.39, 0.29) is 24.0 Å². The van der Waals surface area contributed by atoms with Gasteiger partial charge in [-0.3, -0.25) is 14.6 Å². The minimum Gasteiger partial charge on any atom is -0.466 e. The highest BCUT2D eigenvalue weighted by molar-refractivity contribution is 6.07. The molecule has 33 heavy (non-hydrogen) atoms. The molecule has 1 N–H and O–H groups in total. The van der Waals surface area contributed by atoms with Crippen molar-refractivity contribution < 1.29 is 14.3 Å². The summed E-state index contributed by atoms with van der Waals surface area (Å²) in [5.74, 6) is -0.688. The fourth-order valence-electron chi connectivity index (χ4n) is 3.71. The van der Waals surface area contributed by atoms with Gasteiger partial charge < -0.3 is 10.1 Å². The minimum atomic E-state index is -0.349. The second kappa shape index (κ2) is 10.0. The van der Waals surface area contributed by atoms with Gasteiger partial charge in [-0.2, -0.15) is 0 Å². The molecule has 6 heteroatoms. The highest BCUT2D eigenvalue weighted by Crippen LogP contribution is 2.28. The molecule has 0 fully saturated rings. The van der Waals surface area contributed by atoms with Gasteiger partial charge in [-0.15, -0.1) is 0 Å². The van der Waals surface area contributed by atoms with Gasteiger partial charge in [0.25, 0.3) is 5.91 Å². The zero-order valence-corrected chi connectivity index (χ0v) is 18.7. The summed E-state index contributed by atoms with van der Waals surface area (Å²) in [7, 11) is 0. The van der Waals surface area contributed by atoms with Crippen molar-refractivity contribution >= 4 is 28.3 Å². The SMILES string of the molecule is CCOC(=O)Cc1ccccc1NC(=O)c1cc2ccncc2c(-c2cccc(CC)c2)n1. The molecular weight excluding hydrogens is 414 g/mol. The molecule has 0 spiro atoms. The van der Waals surface area contributed by atoms with Gasteiger partial charge in [-0.05, 0) is 54.1 Å². The number of hydrogen-bond acceptors (Lipinski definition) is 5. The molecule has 0 aliphatic carbocycles. The van der Waals surface area contributed by atoms with Gasteiger partial charge in [-0.1, -0.05) is 43.3 Å². The van der Waals surface area contributed by atoms with E-state index in [0.29, 0.717) is 23.6 Å². The molecule has 4 rings (SSSR count). The first-order chi connectivity index (χ1) is 16.1. The quantitative estimate of drug-likeness (QED) is 0.400. The molecule has 0 radical (unpaired) electrons. The van der Waals surface area contributed by atoms with Crippen molar-refractivity contribution in [3.8, 4) is 11.3 Å². The Bertz CT molecular complexity index is 1320. The highest BCUT2D eigenvalue weighted by atomic mass is 16.5. The maximum Gasteiger partial charge on any atom is 0.310 e. The maximum absolute atomic E-state index is 13.2. The largest absolute Gasteiger partial charge is 0.466 e. The van der Waals surface area contributed by atoms with Crippen LogP contribution in [0.4, 0.5) is 5.69 Å². The number of ether oxygens (including phenoxy) is 1. The van der Waals surface area contributed by atoms with Gasteiger partial charge in [0.2, 0.25) is 0 Å². The number of fused-ring (bicyclic) bond motifs is 1. The van der Waals surface area contributed by atoms with Gasteiger partial charge in [0.15, 0.2) is 0 Å². The Balaban J connectivity index is 1.71. The monoisotopic (exact) mass is 439 g/mol. The van der Waals surface area contributed by atoms with Crippen LogP contribution in [-0.2, 0) is 22.4 Å². The molecule has 0 unspecified atom stereocenters. The molecule has 4 aromatic rings. The van der Waals surface area contributed by atoms with E-state index in [1.807, 2.05) is 30.3 Å². The molecular formula is C27H25N3O3. The van der Waals surface area contributed by atoms with Gasteiger partial charge in [-0.25, -0.2) is 4.98 Å². The summed E-state index contributed by atoms with van der Waals surface area (Å²) in [4.78, 5) is 34.2. The predicted molar refractivity (Wildman–Crippen MR) is 129 cm³/mol. The van der Waals surface area contributed by atoms with Crippen molar-refractivity contribution in [2.75, 3.05) is 11.9 Å². The van der Waals surface area contributed by atoms with E-state index in [0.717, 1.165) is 22.8 Å². The zero-order chi connectivity index (χ0) is 23.2. The highest BCUT2D eigenvalue weighted by Gasteiger charge is 2.16. The molecule has 0 bridgehead atoms. The van der Waals surface area contributed by atoms with Crippen molar-refractivity contribution in [2.24, 2.45) is 0 Å². The Morgan fingerprint density at radius 2 is 1.85 bits per heavy atom. The lowest BCUT2D eigenvalue weighted by molar-refractivity contribution is -0.142. The lowest BCUT2D eigenvalue weighted by Crippen LogP contribution is -2.17. The third-order valence-electron chi connectivity index (χ3n) is 5.38. The first-order valence-electron chi connectivity index (χ1n) is 11.0. The summed E-state index contributed by atoms with van der Waals surface area (Å²) < 4.78 is 5.05. The smallest absolute Gasteiger partial charge is 0.310 e. The Labute approximate surface area is 192 Å². The third-order valence-corrected chi connectivity index (χ3v) is 5.38. The Hall–Kier alpha value is -4.06. The average Bonchev–Trinajstić information content (AvgIpc) is 2.84. The topological polar surface area (TPSA) is 81.2 Å². The van der Waals surface area contributed by atoms with Crippen molar-refractivity contribution in [1.29, 1.82) is 0 Å². The van der Waals surface area contributed by atoms with E-state index in [1.54, 1.807) is 37.5 Å². The number of anilines is 1. The van der Waals surface area contributed by atoms with Crippen LogP contribution < -0.4 is 5.32 Å². The Morgan fingerprint density at radius 3 is 2.67 bits per heavy atom. The molecule has 1 amide bonds. The Kier molecular flexibility index (Phi) is 6.74. The molecule has 166 valence electrons. The molecule has 0 aliphatic rings. The number of para-hydroxylation sites is 1. The maximum atomic E-state index is 13.2. The zero-order valence-electron chi connectivity index (χ0n) is 18.7. The van der Waals surface area contributed by atoms with E-state index < -0.39 is 0 Å². The number of rotatable bonds is 7. The average molecular weight is 440 g/mol. The molecule has 2 aromatic heterocycles. The van der Waals surface area contributed by atoms with Gasteiger partial charge in [0, 0.05) is 29.0 Å². The Morgan fingerprint density at radius 1 is 1.00 bits per heavy atom. The van der Waals surface area contributed by atoms with E-state index in [9.17, 15) is 9.59 Å². The summed E-state index contributed by atoms with van der Waals surface area (Å²) in [6.07, 6.45) is 4.45. The molecule has 6 nitrogen and oxygen atoms in total. The number of aryl methyl sites for hydroxylation is 1. The molecule has 0 saturated carbocycles. The number of benzene rings is 2. The van der Waals surface area contributed by atoms with Gasteiger partial charge >= 0.3 is 5.97 Å². The summed E-state index contributed by atoms with van der Waals surface area (Å²) in [5.41, 5.74) is 4.36. The minimum absolute atomic E-state index is 0.0795. The normalized spacial score (nSPS) is 10.7. The lowest BCUT2D eigenvalue weighted by Gasteiger charge is -2.13. The summed E-state index contributed by atoms with van der Waals surface area (Å²) in [5, 5.41) is 4.67. The number of hydrogen-bond donors (Lipinski definition) is 1. The van der Waals surface area contributed by atoms with Crippen molar-refractivity contribution in [3.63, 3.8) is 0 Å². The first kappa shape index (κ1) is 22.1. The predicted octanol–water partition coefficient (Wildman–Crippen LogP) is 5.22. The first-order valence-corrected chi connectivity index (χ1v) is 11.0. The van der Waals surface area contributed by atoms with Crippen LogP contribution in [-0.4, -0.2) is 28.5 Å². The number of carbonyl (C=O) groups excluding carboxylic acids is 2. The van der Waals surface area contributed by atoms with Gasteiger partial charge in [0.05, 0.1) is 18.7 Å². The second-order valence-electron chi connectivity index (χ2n) is 7.60.